The number of benzene rings is 2. The summed E-state index contributed by atoms with van der Waals surface area (Å²) in [6.07, 6.45) is 0. The predicted molar refractivity (Wildman–Crippen MR) is 101 cm³/mol. The standard InChI is InChI=1S/C19H15NO7S/c1-26-11-7-8-13(15(9-11)19(22)28(23,24)25)17-10-14(18(21)27-2)12-5-3-4-6-16(12)20-17/h3-10H,1-2H3,(H,23,24,25). The predicted octanol–water partition coefficient (Wildman–Crippen LogP) is 2.73. The molecule has 0 atom stereocenters. The molecule has 0 aliphatic rings. The average molecular weight is 401 g/mol. The fraction of sp³-hybridized carbons (Fsp3) is 0.105. The summed E-state index contributed by atoms with van der Waals surface area (Å²) >= 11 is 0. The number of aromatic nitrogens is 1. The Morgan fingerprint density at radius 2 is 1.71 bits per heavy atom. The normalized spacial score (nSPS) is 11.2. The molecule has 3 aromatic rings. The van der Waals surface area contributed by atoms with Crippen LogP contribution in [0.5, 0.6) is 5.75 Å². The number of carbonyl (C=O) groups excluding carboxylic acids is 2. The van der Waals surface area contributed by atoms with Gasteiger partial charge in [0, 0.05) is 16.5 Å². The molecule has 0 saturated carbocycles. The minimum Gasteiger partial charge on any atom is -0.497 e. The lowest BCUT2D eigenvalue weighted by Gasteiger charge is -2.12. The van der Waals surface area contributed by atoms with E-state index in [2.05, 4.69) is 4.98 Å². The Bertz CT molecular complexity index is 1200. The first-order valence-corrected chi connectivity index (χ1v) is 9.38. The molecule has 0 fully saturated rings. The molecule has 1 heterocycles. The lowest BCUT2D eigenvalue weighted by atomic mass is 10.0. The molecule has 0 aliphatic carbocycles. The Kier molecular flexibility index (Phi) is 5.12. The number of rotatable bonds is 4. The first-order chi connectivity index (χ1) is 13.3. The van der Waals surface area contributed by atoms with Gasteiger partial charge in [-0.3, -0.25) is 9.35 Å². The molecule has 8 nitrogen and oxygen atoms in total. The number of hydrogen-bond donors (Lipinski definition) is 1. The maximum absolute atomic E-state index is 12.3. The second-order valence-corrected chi connectivity index (χ2v) is 7.06. The zero-order valence-electron chi connectivity index (χ0n) is 14.9. The monoisotopic (exact) mass is 401 g/mol. The van der Waals surface area contributed by atoms with Crippen molar-refractivity contribution in [2.45, 2.75) is 0 Å². The molecule has 1 N–H and O–H groups in total. The van der Waals surface area contributed by atoms with Crippen molar-refractivity contribution in [3.63, 3.8) is 0 Å². The summed E-state index contributed by atoms with van der Waals surface area (Å²) < 4.78 is 41.9. The summed E-state index contributed by atoms with van der Waals surface area (Å²) in [7, 11) is -2.42. The third-order valence-corrected chi connectivity index (χ3v) is 4.77. The molecular weight excluding hydrogens is 386 g/mol. The van der Waals surface area contributed by atoms with Crippen LogP contribution in [-0.2, 0) is 14.9 Å². The van der Waals surface area contributed by atoms with E-state index in [1.165, 1.54) is 38.5 Å². The lowest BCUT2D eigenvalue weighted by Crippen LogP contribution is -2.15. The van der Waals surface area contributed by atoms with E-state index in [4.69, 9.17) is 9.47 Å². The molecule has 3 rings (SSSR count). The van der Waals surface area contributed by atoms with Crippen LogP contribution in [0.25, 0.3) is 22.2 Å². The topological polar surface area (TPSA) is 120 Å². The number of esters is 1. The average Bonchev–Trinajstić information content (AvgIpc) is 2.70. The summed E-state index contributed by atoms with van der Waals surface area (Å²) in [5, 5.41) is -0.967. The lowest BCUT2D eigenvalue weighted by molar-refractivity contribution is 0.0603. The van der Waals surface area contributed by atoms with Crippen molar-refractivity contribution >= 4 is 32.1 Å². The molecule has 0 radical (unpaired) electrons. The Labute approximate surface area is 160 Å². The van der Waals surface area contributed by atoms with Gasteiger partial charge < -0.3 is 9.47 Å². The van der Waals surface area contributed by atoms with E-state index in [1.807, 2.05) is 0 Å². The van der Waals surface area contributed by atoms with E-state index in [1.54, 1.807) is 24.3 Å². The molecule has 0 amide bonds. The van der Waals surface area contributed by atoms with Gasteiger partial charge in [-0.25, -0.2) is 9.78 Å². The van der Waals surface area contributed by atoms with Crippen molar-refractivity contribution < 1.29 is 32.0 Å². The molecule has 1 aromatic heterocycles. The van der Waals surface area contributed by atoms with Crippen LogP contribution in [0, 0.1) is 0 Å². The number of fused-ring (bicyclic) bond motifs is 1. The number of carbonyl (C=O) groups is 2. The fourth-order valence-corrected chi connectivity index (χ4v) is 3.22. The fourth-order valence-electron chi connectivity index (χ4n) is 2.77. The van der Waals surface area contributed by atoms with Gasteiger partial charge in [-0.05, 0) is 30.3 Å². The van der Waals surface area contributed by atoms with Crippen LogP contribution < -0.4 is 4.74 Å². The first kappa shape index (κ1) is 19.5. The summed E-state index contributed by atoms with van der Waals surface area (Å²) in [5.41, 5.74) is 0.583. The zero-order valence-corrected chi connectivity index (χ0v) is 15.7. The Balaban J connectivity index is 2.34. The molecule has 28 heavy (non-hydrogen) atoms. The highest BCUT2D eigenvalue weighted by molar-refractivity contribution is 8.01. The summed E-state index contributed by atoms with van der Waals surface area (Å²) in [6.45, 7) is 0. The number of para-hydroxylation sites is 1. The maximum atomic E-state index is 12.3. The Hall–Kier alpha value is -3.30. The highest BCUT2D eigenvalue weighted by Gasteiger charge is 2.26. The highest BCUT2D eigenvalue weighted by atomic mass is 32.2. The van der Waals surface area contributed by atoms with E-state index in [-0.39, 0.29) is 28.1 Å². The van der Waals surface area contributed by atoms with Crippen LogP contribution in [0.4, 0.5) is 0 Å². The smallest absolute Gasteiger partial charge is 0.338 e. The van der Waals surface area contributed by atoms with Gasteiger partial charge in [0.1, 0.15) is 5.75 Å². The van der Waals surface area contributed by atoms with Crippen LogP contribution in [0.2, 0.25) is 0 Å². The van der Waals surface area contributed by atoms with Crippen LogP contribution in [0.1, 0.15) is 20.7 Å². The van der Waals surface area contributed by atoms with Crippen LogP contribution in [-0.4, -0.2) is 43.3 Å². The van der Waals surface area contributed by atoms with Crippen molar-refractivity contribution in [2.75, 3.05) is 14.2 Å². The van der Waals surface area contributed by atoms with Crippen LogP contribution >= 0.6 is 0 Å². The number of ether oxygens (including phenoxy) is 2. The van der Waals surface area contributed by atoms with Crippen molar-refractivity contribution in [1.29, 1.82) is 0 Å². The van der Waals surface area contributed by atoms with Gasteiger partial charge in [-0.15, -0.1) is 0 Å². The van der Waals surface area contributed by atoms with Crippen LogP contribution in [0.15, 0.2) is 48.5 Å². The van der Waals surface area contributed by atoms with E-state index >= 15 is 0 Å². The molecule has 0 unspecified atom stereocenters. The number of nitrogens with zero attached hydrogens (tertiary/aromatic N) is 1. The minimum absolute atomic E-state index is 0.110. The van der Waals surface area contributed by atoms with Crippen molar-refractivity contribution in [3.05, 3.63) is 59.7 Å². The Morgan fingerprint density at radius 3 is 2.36 bits per heavy atom. The number of methoxy groups -OCH3 is 2. The molecule has 0 aliphatic heterocycles. The van der Waals surface area contributed by atoms with Crippen molar-refractivity contribution in [3.8, 4) is 17.0 Å². The SMILES string of the molecule is COC(=O)c1cc(-c2ccc(OC)cc2C(=O)S(=O)(=O)O)nc2ccccc12. The quantitative estimate of drug-likeness (QED) is 0.523. The van der Waals surface area contributed by atoms with E-state index in [0.717, 1.165) is 0 Å². The summed E-state index contributed by atoms with van der Waals surface area (Å²) in [5.74, 6) is -0.402. The molecule has 0 saturated heterocycles. The molecular formula is C19H15NO7S. The second kappa shape index (κ2) is 7.37. The summed E-state index contributed by atoms with van der Waals surface area (Å²) in [4.78, 5) is 28.9. The largest absolute Gasteiger partial charge is 0.497 e. The van der Waals surface area contributed by atoms with Gasteiger partial charge in [0.2, 0.25) is 0 Å². The number of hydrogen-bond acceptors (Lipinski definition) is 7. The molecule has 2 aromatic carbocycles. The molecule has 144 valence electrons. The molecule has 9 heteroatoms. The maximum Gasteiger partial charge on any atom is 0.338 e. The van der Waals surface area contributed by atoms with Crippen molar-refractivity contribution in [1.82, 2.24) is 4.98 Å². The Morgan fingerprint density at radius 1 is 1.00 bits per heavy atom. The minimum atomic E-state index is -5.00. The third kappa shape index (κ3) is 3.57. The van der Waals surface area contributed by atoms with Gasteiger partial charge in [0.05, 0.1) is 31.0 Å². The van der Waals surface area contributed by atoms with Crippen molar-refractivity contribution in [2.24, 2.45) is 0 Å². The van der Waals surface area contributed by atoms with E-state index in [0.29, 0.717) is 10.9 Å². The van der Waals surface area contributed by atoms with E-state index in [9.17, 15) is 22.6 Å². The van der Waals surface area contributed by atoms with Gasteiger partial charge >= 0.3 is 21.2 Å². The van der Waals surface area contributed by atoms with E-state index < -0.39 is 21.2 Å². The molecule has 0 spiro atoms. The summed E-state index contributed by atoms with van der Waals surface area (Å²) in [6, 6.07) is 12.3. The second-order valence-electron chi connectivity index (χ2n) is 5.74. The van der Waals surface area contributed by atoms with Gasteiger partial charge in [-0.2, -0.15) is 8.42 Å². The first-order valence-electron chi connectivity index (χ1n) is 7.94. The highest BCUT2D eigenvalue weighted by Crippen LogP contribution is 2.31. The van der Waals surface area contributed by atoms with Gasteiger partial charge in [-0.1, -0.05) is 18.2 Å². The molecule has 0 bridgehead atoms. The van der Waals surface area contributed by atoms with Gasteiger partial charge in [0.15, 0.2) is 0 Å². The van der Waals surface area contributed by atoms with Gasteiger partial charge in [0.25, 0.3) is 0 Å². The van der Waals surface area contributed by atoms with Crippen LogP contribution in [0.3, 0.4) is 0 Å². The third-order valence-electron chi connectivity index (χ3n) is 4.08. The zero-order chi connectivity index (χ0) is 20.5. The number of pyridine rings is 1.